The fraction of sp³-hybridized carbons (Fsp3) is 0.545. The Morgan fingerprint density at radius 1 is 1.41 bits per heavy atom. The Kier molecular flexibility index (Phi) is 4.28. The summed E-state index contributed by atoms with van der Waals surface area (Å²) in [5.74, 6) is 0.0780. The predicted octanol–water partition coefficient (Wildman–Crippen LogP) is 1.17. The third-order valence-corrected chi connectivity index (χ3v) is 3.06. The van der Waals surface area contributed by atoms with Crippen LogP contribution in [0.4, 0.5) is 0 Å². The second-order valence-electron chi connectivity index (χ2n) is 3.90. The number of halogens is 1. The maximum absolute atomic E-state index is 11.8. The number of hydrogen-bond donors (Lipinski definition) is 1. The van der Waals surface area contributed by atoms with Gasteiger partial charge in [-0.2, -0.15) is 0 Å². The van der Waals surface area contributed by atoms with Crippen molar-refractivity contribution in [3.05, 3.63) is 23.2 Å². The van der Waals surface area contributed by atoms with E-state index in [-0.39, 0.29) is 11.8 Å². The van der Waals surface area contributed by atoms with Crippen LogP contribution in [0.3, 0.4) is 0 Å². The summed E-state index contributed by atoms with van der Waals surface area (Å²) in [6, 6.07) is 0. The monoisotopic (exact) mass is 255 g/mol. The summed E-state index contributed by atoms with van der Waals surface area (Å²) in [7, 11) is 0. The molecule has 17 heavy (non-hydrogen) atoms. The number of hydrogen-bond acceptors (Lipinski definition) is 4. The number of aromatic nitrogens is 2. The second-order valence-corrected chi connectivity index (χ2v) is 4.26. The number of ether oxygens (including phenoxy) is 1. The van der Waals surface area contributed by atoms with E-state index in [1.54, 1.807) is 6.20 Å². The second kappa shape index (κ2) is 5.93. The van der Waals surface area contributed by atoms with Gasteiger partial charge in [-0.15, -0.1) is 0 Å². The van der Waals surface area contributed by atoms with Gasteiger partial charge in [-0.1, -0.05) is 11.6 Å². The summed E-state index contributed by atoms with van der Waals surface area (Å²) in [6.07, 6.45) is 4.63. The molecule has 2 rings (SSSR count). The highest BCUT2D eigenvalue weighted by Crippen LogP contribution is 2.15. The van der Waals surface area contributed by atoms with Gasteiger partial charge in [0.1, 0.15) is 0 Å². The quantitative estimate of drug-likeness (QED) is 0.881. The van der Waals surface area contributed by atoms with Crippen LogP contribution in [-0.2, 0) is 16.1 Å². The molecule has 1 aromatic rings. The van der Waals surface area contributed by atoms with Gasteiger partial charge in [0.05, 0.1) is 12.2 Å². The predicted molar refractivity (Wildman–Crippen MR) is 62.4 cm³/mol. The van der Waals surface area contributed by atoms with Crippen molar-refractivity contribution in [2.75, 3.05) is 13.2 Å². The van der Waals surface area contributed by atoms with Crippen LogP contribution in [0.25, 0.3) is 0 Å². The van der Waals surface area contributed by atoms with Gasteiger partial charge in [-0.05, 0) is 12.8 Å². The lowest BCUT2D eigenvalue weighted by Gasteiger charge is -2.21. The molecule has 0 aromatic carbocycles. The third kappa shape index (κ3) is 3.38. The minimum Gasteiger partial charge on any atom is -0.381 e. The van der Waals surface area contributed by atoms with Gasteiger partial charge in [0.2, 0.25) is 5.91 Å². The molecule has 1 N–H and O–H groups in total. The van der Waals surface area contributed by atoms with Gasteiger partial charge in [0, 0.05) is 31.5 Å². The van der Waals surface area contributed by atoms with Gasteiger partial charge in [-0.3, -0.25) is 9.78 Å². The molecule has 1 fully saturated rings. The van der Waals surface area contributed by atoms with Crippen LogP contribution in [0.5, 0.6) is 0 Å². The zero-order valence-electron chi connectivity index (χ0n) is 9.36. The SMILES string of the molecule is O=C(NCc1nccnc1Cl)C1CCOCC1. The molecule has 1 aliphatic heterocycles. The Morgan fingerprint density at radius 2 is 2.12 bits per heavy atom. The van der Waals surface area contributed by atoms with Crippen LogP contribution in [-0.4, -0.2) is 29.1 Å². The van der Waals surface area contributed by atoms with Crippen molar-refractivity contribution in [1.82, 2.24) is 15.3 Å². The highest BCUT2D eigenvalue weighted by molar-refractivity contribution is 6.29. The molecule has 0 saturated carbocycles. The molecule has 0 atom stereocenters. The molecule has 1 saturated heterocycles. The van der Waals surface area contributed by atoms with E-state index in [2.05, 4.69) is 15.3 Å². The lowest BCUT2D eigenvalue weighted by molar-refractivity contribution is -0.128. The number of rotatable bonds is 3. The molecule has 2 heterocycles. The van der Waals surface area contributed by atoms with Gasteiger partial charge in [0.25, 0.3) is 0 Å². The normalized spacial score (nSPS) is 16.8. The van der Waals surface area contributed by atoms with Crippen molar-refractivity contribution in [3.63, 3.8) is 0 Å². The first-order valence-electron chi connectivity index (χ1n) is 5.58. The Hall–Kier alpha value is -1.20. The topological polar surface area (TPSA) is 64.1 Å². The van der Waals surface area contributed by atoms with Gasteiger partial charge < -0.3 is 10.1 Å². The summed E-state index contributed by atoms with van der Waals surface area (Å²) in [5.41, 5.74) is 0.592. The fourth-order valence-electron chi connectivity index (χ4n) is 1.74. The van der Waals surface area contributed by atoms with Crippen LogP contribution in [0.2, 0.25) is 5.15 Å². The van der Waals surface area contributed by atoms with E-state index in [0.717, 1.165) is 12.8 Å². The van der Waals surface area contributed by atoms with Crippen LogP contribution in [0.1, 0.15) is 18.5 Å². The lowest BCUT2D eigenvalue weighted by Crippen LogP contribution is -2.34. The van der Waals surface area contributed by atoms with Crippen LogP contribution in [0, 0.1) is 5.92 Å². The fourth-order valence-corrected chi connectivity index (χ4v) is 1.92. The molecule has 1 aromatic heterocycles. The zero-order valence-corrected chi connectivity index (χ0v) is 10.1. The molecule has 0 unspecified atom stereocenters. The standard InChI is InChI=1S/C11H14ClN3O2/c12-10-9(13-3-4-14-10)7-15-11(16)8-1-5-17-6-2-8/h3-4,8H,1-2,5-7H2,(H,15,16). The molecule has 1 aliphatic rings. The summed E-state index contributed by atoms with van der Waals surface area (Å²) in [5, 5.41) is 3.16. The van der Waals surface area contributed by atoms with E-state index >= 15 is 0 Å². The average molecular weight is 256 g/mol. The number of carbonyl (C=O) groups is 1. The third-order valence-electron chi connectivity index (χ3n) is 2.75. The summed E-state index contributed by atoms with van der Waals surface area (Å²) in [6.45, 7) is 1.64. The first-order valence-corrected chi connectivity index (χ1v) is 5.96. The van der Waals surface area contributed by atoms with Crippen molar-refractivity contribution in [2.45, 2.75) is 19.4 Å². The minimum atomic E-state index is 0.0371. The number of nitrogens with one attached hydrogen (secondary N) is 1. The van der Waals surface area contributed by atoms with E-state index < -0.39 is 0 Å². The van der Waals surface area contributed by atoms with Gasteiger partial charge in [0.15, 0.2) is 5.15 Å². The first kappa shape index (κ1) is 12.3. The minimum absolute atomic E-state index is 0.0371. The molecule has 5 nitrogen and oxygen atoms in total. The lowest BCUT2D eigenvalue weighted by atomic mass is 9.99. The Bertz CT molecular complexity index is 394. The van der Waals surface area contributed by atoms with Crippen molar-refractivity contribution in [2.24, 2.45) is 5.92 Å². The Balaban J connectivity index is 1.85. The Labute approximate surface area is 105 Å². The van der Waals surface area contributed by atoms with Crippen molar-refractivity contribution in [1.29, 1.82) is 0 Å². The van der Waals surface area contributed by atoms with E-state index in [0.29, 0.717) is 30.6 Å². The Morgan fingerprint density at radius 3 is 2.82 bits per heavy atom. The molecule has 0 bridgehead atoms. The largest absolute Gasteiger partial charge is 0.381 e. The van der Waals surface area contributed by atoms with E-state index in [1.807, 2.05) is 0 Å². The molecule has 6 heteroatoms. The maximum Gasteiger partial charge on any atom is 0.223 e. The molecule has 92 valence electrons. The molecular formula is C11H14ClN3O2. The summed E-state index contributed by atoms with van der Waals surface area (Å²) in [4.78, 5) is 19.8. The van der Waals surface area contributed by atoms with Crippen LogP contribution in [0.15, 0.2) is 12.4 Å². The van der Waals surface area contributed by atoms with E-state index in [9.17, 15) is 4.79 Å². The van der Waals surface area contributed by atoms with E-state index in [4.69, 9.17) is 16.3 Å². The maximum atomic E-state index is 11.8. The van der Waals surface area contributed by atoms with Crippen molar-refractivity contribution in [3.8, 4) is 0 Å². The molecular weight excluding hydrogens is 242 g/mol. The summed E-state index contributed by atoms with van der Waals surface area (Å²) >= 11 is 5.85. The van der Waals surface area contributed by atoms with E-state index in [1.165, 1.54) is 6.20 Å². The number of amides is 1. The molecule has 0 aliphatic carbocycles. The van der Waals surface area contributed by atoms with Gasteiger partial charge in [-0.25, -0.2) is 4.98 Å². The van der Waals surface area contributed by atoms with Gasteiger partial charge >= 0.3 is 0 Å². The van der Waals surface area contributed by atoms with Crippen molar-refractivity contribution < 1.29 is 9.53 Å². The number of carbonyl (C=O) groups excluding carboxylic acids is 1. The van der Waals surface area contributed by atoms with Crippen LogP contribution < -0.4 is 5.32 Å². The zero-order chi connectivity index (χ0) is 12.1. The molecule has 0 radical (unpaired) electrons. The highest BCUT2D eigenvalue weighted by atomic mass is 35.5. The van der Waals surface area contributed by atoms with Crippen LogP contribution >= 0.6 is 11.6 Å². The molecule has 0 spiro atoms. The molecule has 1 amide bonds. The first-order chi connectivity index (χ1) is 8.27. The number of nitrogens with zero attached hydrogens (tertiary/aromatic N) is 2. The average Bonchev–Trinajstić information content (AvgIpc) is 2.38. The summed E-state index contributed by atoms with van der Waals surface area (Å²) < 4.78 is 5.21. The highest BCUT2D eigenvalue weighted by Gasteiger charge is 2.21. The van der Waals surface area contributed by atoms with Crippen molar-refractivity contribution >= 4 is 17.5 Å². The smallest absolute Gasteiger partial charge is 0.223 e.